The first-order valence-corrected chi connectivity index (χ1v) is 6.88. The van der Waals surface area contributed by atoms with Crippen LogP contribution in [0.4, 0.5) is 5.82 Å². The summed E-state index contributed by atoms with van der Waals surface area (Å²) < 4.78 is 6.68. The Morgan fingerprint density at radius 2 is 2.24 bits per heavy atom. The quantitative estimate of drug-likeness (QED) is 0.755. The number of likely N-dealkylation sites (N-methyl/N-ethyl adjacent to an activating group) is 1. The van der Waals surface area contributed by atoms with E-state index in [-0.39, 0.29) is 0 Å². The van der Waals surface area contributed by atoms with Gasteiger partial charge < -0.3 is 9.64 Å². The molecule has 0 unspecified atom stereocenters. The lowest BCUT2D eigenvalue weighted by Gasteiger charge is -2.18. The molecule has 0 bridgehead atoms. The molecule has 3 nitrogen and oxygen atoms in total. The van der Waals surface area contributed by atoms with Crippen LogP contribution in [0.15, 0.2) is 16.6 Å². The van der Waals surface area contributed by atoms with E-state index < -0.39 is 0 Å². The van der Waals surface area contributed by atoms with Crippen LogP contribution in [0.2, 0.25) is 0 Å². The lowest BCUT2D eigenvalue weighted by atomic mass is 10.3. The molecule has 0 atom stereocenters. The summed E-state index contributed by atoms with van der Waals surface area (Å²) in [5.41, 5.74) is 1.02. The molecule has 0 saturated heterocycles. The molecule has 0 N–H and O–H groups in total. The highest BCUT2D eigenvalue weighted by atomic mass is 79.9. The van der Waals surface area contributed by atoms with Crippen molar-refractivity contribution in [1.82, 2.24) is 4.98 Å². The zero-order valence-electron chi connectivity index (χ0n) is 10.4. The van der Waals surface area contributed by atoms with E-state index in [0.29, 0.717) is 0 Å². The molecular formula is C13H19BrN2O. The Morgan fingerprint density at radius 1 is 1.47 bits per heavy atom. The Kier molecular flexibility index (Phi) is 4.40. The van der Waals surface area contributed by atoms with Crippen molar-refractivity contribution < 1.29 is 4.74 Å². The number of halogens is 1. The van der Waals surface area contributed by atoms with E-state index in [1.54, 1.807) is 0 Å². The predicted molar refractivity (Wildman–Crippen MR) is 73.5 cm³/mol. The molecule has 94 valence electrons. The number of anilines is 1. The maximum atomic E-state index is 5.62. The van der Waals surface area contributed by atoms with Gasteiger partial charge in [0.15, 0.2) is 0 Å². The first-order valence-electron chi connectivity index (χ1n) is 6.09. The van der Waals surface area contributed by atoms with Crippen LogP contribution in [-0.4, -0.2) is 31.8 Å². The average Bonchev–Trinajstić information content (AvgIpc) is 3.12. The third kappa shape index (κ3) is 3.96. The maximum Gasteiger partial charge on any atom is 0.128 e. The molecule has 0 aliphatic heterocycles. The molecule has 1 heterocycles. The van der Waals surface area contributed by atoms with Gasteiger partial charge in [-0.05, 0) is 53.7 Å². The molecule has 1 fully saturated rings. The van der Waals surface area contributed by atoms with Crippen LogP contribution in [0.5, 0.6) is 0 Å². The van der Waals surface area contributed by atoms with Crippen molar-refractivity contribution in [3.05, 3.63) is 22.3 Å². The van der Waals surface area contributed by atoms with E-state index in [9.17, 15) is 0 Å². The second-order valence-corrected chi connectivity index (χ2v) is 5.53. The van der Waals surface area contributed by atoms with Crippen LogP contribution in [0.1, 0.15) is 18.5 Å². The number of rotatable bonds is 6. The Balaban J connectivity index is 1.76. The summed E-state index contributed by atoms with van der Waals surface area (Å²) in [6, 6.07) is 4.07. The number of hydrogen-bond acceptors (Lipinski definition) is 3. The Morgan fingerprint density at radius 3 is 2.88 bits per heavy atom. The van der Waals surface area contributed by atoms with Gasteiger partial charge in [0, 0.05) is 24.7 Å². The average molecular weight is 299 g/mol. The van der Waals surface area contributed by atoms with Gasteiger partial charge in [0.25, 0.3) is 0 Å². The van der Waals surface area contributed by atoms with Gasteiger partial charge in [-0.3, -0.25) is 0 Å². The number of pyridine rings is 1. The molecule has 0 amide bonds. The van der Waals surface area contributed by atoms with E-state index in [4.69, 9.17) is 4.74 Å². The fraction of sp³-hybridized carbons (Fsp3) is 0.615. The van der Waals surface area contributed by atoms with Crippen molar-refractivity contribution in [3.63, 3.8) is 0 Å². The van der Waals surface area contributed by atoms with Gasteiger partial charge >= 0.3 is 0 Å². The van der Waals surface area contributed by atoms with Crippen LogP contribution < -0.4 is 4.90 Å². The first kappa shape index (κ1) is 12.8. The fourth-order valence-corrected chi connectivity index (χ4v) is 1.81. The minimum absolute atomic E-state index is 0.782. The Hall–Kier alpha value is -0.610. The van der Waals surface area contributed by atoms with Gasteiger partial charge in [0.05, 0.1) is 12.3 Å². The van der Waals surface area contributed by atoms with Crippen LogP contribution in [0.25, 0.3) is 0 Å². The number of nitrogens with zero attached hydrogens (tertiary/aromatic N) is 2. The van der Waals surface area contributed by atoms with Gasteiger partial charge in [0.2, 0.25) is 0 Å². The summed E-state index contributed by atoms with van der Waals surface area (Å²) in [6.45, 7) is 4.61. The summed E-state index contributed by atoms with van der Waals surface area (Å²) in [7, 11) is 2.05. The molecule has 1 saturated carbocycles. The fourth-order valence-electron chi connectivity index (χ4n) is 1.59. The summed E-state index contributed by atoms with van der Waals surface area (Å²) in [5.74, 6) is 1.84. The molecule has 1 aliphatic rings. The van der Waals surface area contributed by atoms with Gasteiger partial charge in [-0.25, -0.2) is 4.98 Å². The van der Waals surface area contributed by atoms with E-state index in [2.05, 4.69) is 32.9 Å². The third-order valence-electron chi connectivity index (χ3n) is 3.02. The van der Waals surface area contributed by atoms with Crippen molar-refractivity contribution in [2.24, 2.45) is 5.92 Å². The molecule has 1 aromatic heterocycles. The smallest absolute Gasteiger partial charge is 0.128 e. The molecule has 2 rings (SSSR count). The van der Waals surface area contributed by atoms with Crippen molar-refractivity contribution >= 4 is 21.7 Å². The van der Waals surface area contributed by atoms with E-state index in [0.717, 1.165) is 41.7 Å². The van der Waals surface area contributed by atoms with Gasteiger partial charge in [-0.1, -0.05) is 0 Å². The Bertz CT molecular complexity index is 380. The summed E-state index contributed by atoms with van der Waals surface area (Å²) in [5, 5.41) is 0. The van der Waals surface area contributed by atoms with Gasteiger partial charge in [0.1, 0.15) is 5.82 Å². The van der Waals surface area contributed by atoms with Crippen LogP contribution in [0.3, 0.4) is 0 Å². The monoisotopic (exact) mass is 298 g/mol. The maximum absolute atomic E-state index is 5.62. The zero-order chi connectivity index (χ0) is 12.3. The van der Waals surface area contributed by atoms with Crippen molar-refractivity contribution in [2.75, 3.05) is 31.7 Å². The third-order valence-corrected chi connectivity index (χ3v) is 3.86. The summed E-state index contributed by atoms with van der Waals surface area (Å²) in [4.78, 5) is 6.65. The first-order chi connectivity index (χ1) is 8.16. The number of aryl methyl sites for hydroxylation is 1. The van der Waals surface area contributed by atoms with Gasteiger partial charge in [-0.2, -0.15) is 0 Å². The Labute approximate surface area is 111 Å². The zero-order valence-corrected chi connectivity index (χ0v) is 12.0. The second kappa shape index (κ2) is 5.83. The standard InChI is InChI=1S/C13H19BrN2O/c1-10-12(14)5-6-13(15-10)16(2)7-8-17-9-11-3-4-11/h5-6,11H,3-4,7-9H2,1-2H3. The van der Waals surface area contributed by atoms with Crippen LogP contribution >= 0.6 is 15.9 Å². The van der Waals surface area contributed by atoms with Crippen LogP contribution in [-0.2, 0) is 4.74 Å². The van der Waals surface area contributed by atoms with Crippen molar-refractivity contribution in [2.45, 2.75) is 19.8 Å². The normalized spacial score (nSPS) is 15.0. The molecule has 1 aliphatic carbocycles. The molecule has 1 aromatic rings. The molecule has 0 spiro atoms. The topological polar surface area (TPSA) is 25.4 Å². The largest absolute Gasteiger partial charge is 0.379 e. The number of aromatic nitrogens is 1. The minimum atomic E-state index is 0.782. The number of ether oxygens (including phenoxy) is 1. The molecule has 4 heteroatoms. The lowest BCUT2D eigenvalue weighted by Crippen LogP contribution is -2.24. The lowest BCUT2D eigenvalue weighted by molar-refractivity contribution is 0.131. The predicted octanol–water partition coefficient (Wildman–Crippen LogP) is 3.02. The second-order valence-electron chi connectivity index (χ2n) is 4.68. The molecule has 0 radical (unpaired) electrons. The van der Waals surface area contributed by atoms with E-state index >= 15 is 0 Å². The van der Waals surface area contributed by atoms with Crippen molar-refractivity contribution in [1.29, 1.82) is 0 Å². The van der Waals surface area contributed by atoms with Crippen molar-refractivity contribution in [3.8, 4) is 0 Å². The molecule has 17 heavy (non-hydrogen) atoms. The SMILES string of the molecule is Cc1nc(N(C)CCOCC2CC2)ccc1Br. The molecular weight excluding hydrogens is 280 g/mol. The van der Waals surface area contributed by atoms with Gasteiger partial charge in [-0.15, -0.1) is 0 Å². The minimum Gasteiger partial charge on any atom is -0.379 e. The summed E-state index contributed by atoms with van der Waals surface area (Å²) >= 11 is 3.46. The van der Waals surface area contributed by atoms with E-state index in [1.807, 2.05) is 19.1 Å². The highest BCUT2D eigenvalue weighted by molar-refractivity contribution is 9.10. The summed E-state index contributed by atoms with van der Waals surface area (Å²) in [6.07, 6.45) is 2.70. The highest BCUT2D eigenvalue weighted by Crippen LogP contribution is 2.28. The van der Waals surface area contributed by atoms with Crippen LogP contribution in [0, 0.1) is 12.8 Å². The molecule has 0 aromatic carbocycles. The number of hydrogen-bond donors (Lipinski definition) is 0. The van der Waals surface area contributed by atoms with E-state index in [1.165, 1.54) is 12.8 Å². The highest BCUT2D eigenvalue weighted by Gasteiger charge is 2.20.